The maximum atomic E-state index is 4.87. The van der Waals surface area contributed by atoms with Crippen LogP contribution < -0.4 is 5.43 Å². The SMILES string of the molecule is CC(C)(C)c1ccc(C2=Nc3ccccc3C(c3ccccc3)=NN2)cc1. The minimum absolute atomic E-state index is 0.127. The number of nitrogens with one attached hydrogen (secondary N) is 1. The molecular formula is C24H23N3. The highest BCUT2D eigenvalue weighted by molar-refractivity contribution is 6.17. The van der Waals surface area contributed by atoms with Crippen LogP contribution in [0.25, 0.3) is 0 Å². The highest BCUT2D eigenvalue weighted by Gasteiger charge is 2.18. The molecule has 0 radical (unpaired) electrons. The molecule has 1 aliphatic heterocycles. The van der Waals surface area contributed by atoms with Crippen molar-refractivity contribution in [1.29, 1.82) is 0 Å². The summed E-state index contributed by atoms with van der Waals surface area (Å²) >= 11 is 0. The molecular weight excluding hydrogens is 330 g/mol. The molecule has 3 aromatic carbocycles. The van der Waals surface area contributed by atoms with Crippen molar-refractivity contribution in [3.05, 3.63) is 101 Å². The van der Waals surface area contributed by atoms with Crippen LogP contribution in [0.5, 0.6) is 0 Å². The van der Waals surface area contributed by atoms with Crippen molar-refractivity contribution in [2.75, 3.05) is 0 Å². The normalized spacial score (nSPS) is 13.7. The van der Waals surface area contributed by atoms with Gasteiger partial charge in [0.15, 0.2) is 5.84 Å². The van der Waals surface area contributed by atoms with Gasteiger partial charge in [0, 0.05) is 16.7 Å². The topological polar surface area (TPSA) is 36.8 Å². The van der Waals surface area contributed by atoms with Gasteiger partial charge in [0.05, 0.1) is 11.4 Å². The summed E-state index contributed by atoms with van der Waals surface area (Å²) in [7, 11) is 0. The molecule has 0 bridgehead atoms. The monoisotopic (exact) mass is 353 g/mol. The van der Waals surface area contributed by atoms with Crippen molar-refractivity contribution >= 4 is 17.2 Å². The quantitative estimate of drug-likeness (QED) is 0.656. The number of fused-ring (bicyclic) bond motifs is 1. The highest BCUT2D eigenvalue weighted by atomic mass is 15.3. The number of hydrazone groups is 1. The van der Waals surface area contributed by atoms with Gasteiger partial charge >= 0.3 is 0 Å². The Morgan fingerprint density at radius 2 is 1.37 bits per heavy atom. The molecule has 0 aliphatic carbocycles. The van der Waals surface area contributed by atoms with E-state index in [1.165, 1.54) is 5.56 Å². The Balaban J connectivity index is 1.77. The zero-order valence-electron chi connectivity index (χ0n) is 15.9. The first-order valence-electron chi connectivity index (χ1n) is 9.20. The lowest BCUT2D eigenvalue weighted by Gasteiger charge is -2.19. The van der Waals surface area contributed by atoms with Crippen molar-refractivity contribution in [2.24, 2.45) is 10.1 Å². The van der Waals surface area contributed by atoms with Gasteiger partial charge in [0.2, 0.25) is 0 Å². The molecule has 3 aromatic rings. The third kappa shape index (κ3) is 3.54. The Morgan fingerprint density at radius 1 is 0.704 bits per heavy atom. The number of amidine groups is 1. The summed E-state index contributed by atoms with van der Waals surface area (Å²) in [5.74, 6) is 0.758. The number of aliphatic imine (C=N–C) groups is 1. The van der Waals surface area contributed by atoms with E-state index in [1.807, 2.05) is 36.4 Å². The fourth-order valence-corrected chi connectivity index (χ4v) is 3.16. The van der Waals surface area contributed by atoms with E-state index in [1.54, 1.807) is 0 Å². The lowest BCUT2D eigenvalue weighted by atomic mass is 9.86. The van der Waals surface area contributed by atoms with E-state index >= 15 is 0 Å². The lowest BCUT2D eigenvalue weighted by molar-refractivity contribution is 0.590. The number of nitrogens with zero attached hydrogens (tertiary/aromatic N) is 2. The summed E-state index contributed by atoms with van der Waals surface area (Å²) in [5.41, 5.74) is 9.55. The fourth-order valence-electron chi connectivity index (χ4n) is 3.16. The van der Waals surface area contributed by atoms with Crippen LogP contribution in [-0.2, 0) is 5.41 Å². The molecule has 1 N–H and O–H groups in total. The molecule has 27 heavy (non-hydrogen) atoms. The van der Waals surface area contributed by atoms with Crippen LogP contribution in [-0.4, -0.2) is 11.5 Å². The van der Waals surface area contributed by atoms with Crippen molar-refractivity contribution in [3.8, 4) is 0 Å². The average molecular weight is 353 g/mol. The Bertz CT molecular complexity index is 1010. The summed E-state index contributed by atoms with van der Waals surface area (Å²) in [6.07, 6.45) is 0. The van der Waals surface area contributed by atoms with E-state index in [2.05, 4.69) is 68.7 Å². The third-order valence-electron chi connectivity index (χ3n) is 4.74. The highest BCUT2D eigenvalue weighted by Crippen LogP contribution is 2.26. The Kier molecular flexibility index (Phi) is 4.36. The molecule has 1 heterocycles. The smallest absolute Gasteiger partial charge is 0.154 e. The molecule has 0 aromatic heterocycles. The van der Waals surface area contributed by atoms with Crippen LogP contribution >= 0.6 is 0 Å². The lowest BCUT2D eigenvalue weighted by Crippen LogP contribution is -2.20. The van der Waals surface area contributed by atoms with Crippen LogP contribution in [0.15, 0.2) is 89.0 Å². The summed E-state index contributed by atoms with van der Waals surface area (Å²) < 4.78 is 0. The summed E-state index contributed by atoms with van der Waals surface area (Å²) in [5, 5.41) is 4.70. The fraction of sp³-hybridized carbons (Fsp3) is 0.167. The molecule has 134 valence electrons. The standard InChI is InChI=1S/C24H23N3/c1-24(2,3)19-15-13-18(14-16-19)23-25-21-12-8-7-11-20(21)22(26-27-23)17-9-5-4-6-10-17/h4-16H,1-3H3,(H,25,27). The second-order valence-electron chi connectivity index (χ2n) is 7.74. The summed E-state index contributed by atoms with van der Waals surface area (Å²) in [6, 6.07) is 26.9. The Labute approximate surface area is 160 Å². The number of para-hydroxylation sites is 1. The summed E-state index contributed by atoms with van der Waals surface area (Å²) in [4.78, 5) is 4.87. The van der Waals surface area contributed by atoms with Gasteiger partial charge in [0.25, 0.3) is 0 Å². The van der Waals surface area contributed by atoms with Gasteiger partial charge in [-0.3, -0.25) is 5.43 Å². The molecule has 4 rings (SSSR count). The molecule has 0 fully saturated rings. The van der Waals surface area contributed by atoms with Gasteiger partial charge in [-0.15, -0.1) is 0 Å². The van der Waals surface area contributed by atoms with E-state index in [-0.39, 0.29) is 5.41 Å². The zero-order valence-corrected chi connectivity index (χ0v) is 15.9. The van der Waals surface area contributed by atoms with Gasteiger partial charge in [0.1, 0.15) is 0 Å². The number of rotatable bonds is 2. The third-order valence-corrected chi connectivity index (χ3v) is 4.74. The van der Waals surface area contributed by atoms with Crippen molar-refractivity contribution in [2.45, 2.75) is 26.2 Å². The zero-order chi connectivity index (χ0) is 18.9. The van der Waals surface area contributed by atoms with Gasteiger partial charge in [-0.25, -0.2) is 4.99 Å². The molecule has 3 nitrogen and oxygen atoms in total. The van der Waals surface area contributed by atoms with E-state index in [9.17, 15) is 0 Å². The predicted octanol–water partition coefficient (Wildman–Crippen LogP) is 5.42. The molecule has 0 saturated carbocycles. The molecule has 0 saturated heterocycles. The maximum Gasteiger partial charge on any atom is 0.154 e. The van der Waals surface area contributed by atoms with Gasteiger partial charge in [-0.2, -0.15) is 5.10 Å². The van der Waals surface area contributed by atoms with Crippen LogP contribution in [0.2, 0.25) is 0 Å². The number of benzene rings is 3. The van der Waals surface area contributed by atoms with Gasteiger partial charge < -0.3 is 0 Å². The molecule has 3 heteroatoms. The van der Waals surface area contributed by atoms with Crippen LogP contribution in [0.4, 0.5) is 5.69 Å². The second kappa shape index (κ2) is 6.84. The largest absolute Gasteiger partial charge is 0.260 e. The van der Waals surface area contributed by atoms with Crippen molar-refractivity contribution in [3.63, 3.8) is 0 Å². The first-order valence-corrected chi connectivity index (χ1v) is 9.20. The van der Waals surface area contributed by atoms with Crippen LogP contribution in [0.1, 0.15) is 43.0 Å². The van der Waals surface area contributed by atoms with Gasteiger partial charge in [-0.1, -0.05) is 93.6 Å². The second-order valence-corrected chi connectivity index (χ2v) is 7.74. The van der Waals surface area contributed by atoms with E-state index in [0.29, 0.717) is 0 Å². The minimum Gasteiger partial charge on any atom is -0.260 e. The Hall–Kier alpha value is -3.20. The van der Waals surface area contributed by atoms with E-state index in [0.717, 1.165) is 33.9 Å². The van der Waals surface area contributed by atoms with E-state index in [4.69, 9.17) is 10.1 Å². The predicted molar refractivity (Wildman–Crippen MR) is 113 cm³/mol. The van der Waals surface area contributed by atoms with E-state index < -0.39 is 0 Å². The molecule has 0 amide bonds. The molecule has 0 atom stereocenters. The minimum atomic E-state index is 0.127. The van der Waals surface area contributed by atoms with Crippen molar-refractivity contribution < 1.29 is 0 Å². The Morgan fingerprint density at radius 3 is 2.07 bits per heavy atom. The average Bonchev–Trinajstić information content (AvgIpc) is 2.88. The molecule has 0 spiro atoms. The van der Waals surface area contributed by atoms with Crippen LogP contribution in [0.3, 0.4) is 0 Å². The maximum absolute atomic E-state index is 4.87. The summed E-state index contributed by atoms with van der Waals surface area (Å²) in [6.45, 7) is 6.66. The first kappa shape index (κ1) is 17.2. The number of hydrogen-bond acceptors (Lipinski definition) is 3. The van der Waals surface area contributed by atoms with Crippen molar-refractivity contribution in [1.82, 2.24) is 5.43 Å². The molecule has 1 aliphatic rings. The first-order chi connectivity index (χ1) is 13.0. The number of hydrogen-bond donors (Lipinski definition) is 1. The molecule has 0 unspecified atom stereocenters. The van der Waals surface area contributed by atoms with Crippen LogP contribution in [0, 0.1) is 0 Å². The van der Waals surface area contributed by atoms with Gasteiger partial charge in [-0.05, 0) is 17.0 Å².